The van der Waals surface area contributed by atoms with Gasteiger partial charge in [-0.15, -0.1) is 0 Å². The van der Waals surface area contributed by atoms with Crippen LogP contribution in [-0.2, 0) is 22.4 Å². The number of hydrogen-bond donors (Lipinski definition) is 1. The highest BCUT2D eigenvalue weighted by molar-refractivity contribution is 5.71. The summed E-state index contributed by atoms with van der Waals surface area (Å²) < 4.78 is 74.7. The lowest BCUT2D eigenvalue weighted by atomic mass is 9.98. The molecule has 3 aromatic rings. The largest absolute Gasteiger partial charge is 0.492 e. The molecule has 0 unspecified atom stereocenters. The van der Waals surface area contributed by atoms with Crippen LogP contribution in [-0.4, -0.2) is 38.0 Å². The van der Waals surface area contributed by atoms with Crippen molar-refractivity contribution in [1.29, 1.82) is 0 Å². The van der Waals surface area contributed by atoms with Gasteiger partial charge in [-0.25, -0.2) is 0 Å². The number of carbonyl (C=O) groups excluding carboxylic acids is 1. The normalized spacial score (nSPS) is 19.8. The highest BCUT2D eigenvalue weighted by Crippen LogP contribution is 2.43. The number of fused-ring (bicyclic) bond motifs is 3. The minimum atomic E-state index is -2.85. The Labute approximate surface area is 239 Å². The molecule has 42 heavy (non-hydrogen) atoms. The number of ether oxygens (including phenoxy) is 5. The molecule has 6 rings (SSSR count). The Kier molecular flexibility index (Phi) is 9.06. The zero-order valence-corrected chi connectivity index (χ0v) is 22.7. The van der Waals surface area contributed by atoms with Gasteiger partial charge in [0.05, 0.1) is 26.2 Å². The second kappa shape index (κ2) is 12.9. The number of alkyl halides is 4. The first-order valence-corrected chi connectivity index (χ1v) is 13.5. The molecule has 1 aliphatic heterocycles. The lowest BCUT2D eigenvalue weighted by Gasteiger charge is -2.16. The predicted octanol–water partition coefficient (Wildman–Crippen LogP) is 6.66. The summed E-state index contributed by atoms with van der Waals surface area (Å²) in [5.74, 6) is 1.43. The number of halogens is 4. The van der Waals surface area contributed by atoms with Crippen LogP contribution in [0.1, 0.15) is 65.2 Å². The van der Waals surface area contributed by atoms with Gasteiger partial charge in [-0.2, -0.15) is 17.6 Å². The van der Waals surface area contributed by atoms with Crippen LogP contribution in [0.4, 0.5) is 17.6 Å². The zero-order valence-electron chi connectivity index (χ0n) is 22.7. The van der Waals surface area contributed by atoms with Crippen molar-refractivity contribution in [1.82, 2.24) is 0 Å². The van der Waals surface area contributed by atoms with Crippen LogP contribution >= 0.6 is 0 Å². The van der Waals surface area contributed by atoms with Crippen molar-refractivity contribution in [2.75, 3.05) is 13.7 Å². The van der Waals surface area contributed by atoms with E-state index in [0.717, 1.165) is 16.7 Å². The van der Waals surface area contributed by atoms with E-state index in [-0.39, 0.29) is 35.9 Å². The van der Waals surface area contributed by atoms with Gasteiger partial charge in [0, 0.05) is 28.7 Å². The summed E-state index contributed by atoms with van der Waals surface area (Å²) in [6.07, 6.45) is 1.98. The molecule has 0 saturated heterocycles. The fraction of sp³-hybridized carbons (Fsp3) is 0.387. The van der Waals surface area contributed by atoms with E-state index in [0.29, 0.717) is 54.9 Å². The molecule has 1 heterocycles. The van der Waals surface area contributed by atoms with Gasteiger partial charge in [-0.05, 0) is 55.0 Å². The lowest BCUT2D eigenvalue weighted by molar-refractivity contribution is -0.141. The maximum absolute atomic E-state index is 12.6. The number of carbonyl (C=O) groups is 1. The monoisotopic (exact) mass is 590 g/mol. The molecule has 3 atom stereocenters. The molecule has 2 aliphatic carbocycles. The number of methoxy groups -OCH3 is 1. The van der Waals surface area contributed by atoms with E-state index in [1.807, 2.05) is 24.3 Å². The third-order valence-electron chi connectivity index (χ3n) is 7.58. The molecule has 0 amide bonds. The highest BCUT2D eigenvalue weighted by atomic mass is 19.3. The van der Waals surface area contributed by atoms with Gasteiger partial charge >= 0.3 is 19.2 Å². The summed E-state index contributed by atoms with van der Waals surface area (Å²) in [6, 6.07) is 15.5. The Morgan fingerprint density at radius 2 is 1.55 bits per heavy atom. The van der Waals surface area contributed by atoms with Crippen molar-refractivity contribution in [3.63, 3.8) is 0 Å². The van der Waals surface area contributed by atoms with E-state index in [1.165, 1.54) is 13.2 Å². The van der Waals surface area contributed by atoms with Crippen LogP contribution < -0.4 is 18.9 Å². The Morgan fingerprint density at radius 1 is 0.905 bits per heavy atom. The number of hydrogen-bond acceptors (Lipinski definition) is 7. The van der Waals surface area contributed by atoms with Crippen LogP contribution in [0, 0.1) is 0 Å². The third-order valence-corrected chi connectivity index (χ3v) is 7.58. The zero-order chi connectivity index (χ0) is 29.8. The Hall–Kier alpha value is -3.99. The van der Waals surface area contributed by atoms with Crippen molar-refractivity contribution < 1.29 is 51.1 Å². The van der Waals surface area contributed by atoms with Crippen LogP contribution in [0.5, 0.6) is 23.0 Å². The van der Waals surface area contributed by atoms with Gasteiger partial charge in [-0.1, -0.05) is 30.3 Å². The molecule has 11 heteroatoms. The molecule has 0 saturated carbocycles. The van der Waals surface area contributed by atoms with Gasteiger partial charge in [0.1, 0.15) is 29.1 Å². The number of rotatable bonds is 8. The number of aliphatic hydroxyl groups is 1. The standard InChI is InChI=1S/C21H20F2O5.C10H10F2O2/c1-25-20(24)9-12-11-26-19-10-13(5-6-14(12)19)27-18-8-7-16-15(18)3-2-4-17(16)28-21(22)23;11-10(12)14-9-3-1-2-6-7(9)4-5-8(6)13/h2-6,10,12,18,21H,7-9,11H2,1H3;1-3,8,10,13H,4-5H2/t12-,18-;8-/m10/s1. The molecule has 3 aromatic carbocycles. The van der Waals surface area contributed by atoms with Crippen LogP contribution in [0.2, 0.25) is 0 Å². The van der Waals surface area contributed by atoms with Crippen molar-refractivity contribution in [2.45, 2.75) is 63.5 Å². The number of benzene rings is 3. The summed E-state index contributed by atoms with van der Waals surface area (Å²) in [4.78, 5) is 11.5. The first kappa shape index (κ1) is 29.5. The van der Waals surface area contributed by atoms with E-state index in [4.69, 9.17) is 14.2 Å². The molecule has 3 aliphatic rings. The molecule has 1 N–H and O–H groups in total. The van der Waals surface area contributed by atoms with Crippen LogP contribution in [0.3, 0.4) is 0 Å². The maximum atomic E-state index is 12.6. The average molecular weight is 591 g/mol. The van der Waals surface area contributed by atoms with E-state index < -0.39 is 19.3 Å². The average Bonchev–Trinajstić information content (AvgIpc) is 3.67. The molecule has 0 spiro atoms. The maximum Gasteiger partial charge on any atom is 0.387 e. The molecule has 0 fully saturated rings. The second-order valence-electron chi connectivity index (χ2n) is 10.1. The summed E-state index contributed by atoms with van der Waals surface area (Å²) in [7, 11) is 1.37. The quantitative estimate of drug-likeness (QED) is 0.232. The topological polar surface area (TPSA) is 83.5 Å². The van der Waals surface area contributed by atoms with Gasteiger partial charge in [0.25, 0.3) is 0 Å². The van der Waals surface area contributed by atoms with Gasteiger partial charge in [0.15, 0.2) is 0 Å². The Morgan fingerprint density at radius 3 is 2.21 bits per heavy atom. The van der Waals surface area contributed by atoms with E-state index in [9.17, 15) is 27.5 Å². The second-order valence-corrected chi connectivity index (χ2v) is 10.1. The van der Waals surface area contributed by atoms with Crippen molar-refractivity contribution in [3.05, 3.63) is 82.4 Å². The van der Waals surface area contributed by atoms with Crippen molar-refractivity contribution >= 4 is 5.97 Å². The number of esters is 1. The SMILES string of the molecule is COC(=O)C[C@@H]1COc2cc(O[C@@H]3CCc4c(OC(F)F)cccc43)ccc21.O[C@H]1CCc2c(OC(F)F)cccc21. The summed E-state index contributed by atoms with van der Waals surface area (Å²) in [5, 5.41) is 9.50. The van der Waals surface area contributed by atoms with E-state index >= 15 is 0 Å². The Balaban J connectivity index is 0.000000211. The fourth-order valence-corrected chi connectivity index (χ4v) is 5.66. The molecule has 0 aromatic heterocycles. The Bertz CT molecular complexity index is 1410. The molecule has 0 radical (unpaired) electrons. The minimum absolute atomic E-state index is 0.0299. The van der Waals surface area contributed by atoms with Crippen LogP contribution in [0.15, 0.2) is 54.6 Å². The first-order chi connectivity index (χ1) is 20.2. The van der Waals surface area contributed by atoms with E-state index in [1.54, 1.807) is 24.3 Å². The minimum Gasteiger partial charge on any atom is -0.492 e. The highest BCUT2D eigenvalue weighted by Gasteiger charge is 2.30. The fourth-order valence-electron chi connectivity index (χ4n) is 5.66. The van der Waals surface area contributed by atoms with Gasteiger partial charge in [-0.3, -0.25) is 4.79 Å². The molecule has 7 nitrogen and oxygen atoms in total. The smallest absolute Gasteiger partial charge is 0.387 e. The third kappa shape index (κ3) is 6.56. The molecular formula is C31H30F4O7. The molecule has 224 valence electrons. The van der Waals surface area contributed by atoms with Crippen molar-refractivity contribution in [2.24, 2.45) is 0 Å². The summed E-state index contributed by atoms with van der Waals surface area (Å²) in [6.45, 7) is -5.23. The lowest BCUT2D eigenvalue weighted by Crippen LogP contribution is -2.09. The first-order valence-electron chi connectivity index (χ1n) is 13.5. The van der Waals surface area contributed by atoms with Gasteiger partial charge < -0.3 is 28.8 Å². The summed E-state index contributed by atoms with van der Waals surface area (Å²) >= 11 is 0. The molecule has 0 bridgehead atoms. The van der Waals surface area contributed by atoms with Crippen molar-refractivity contribution in [3.8, 4) is 23.0 Å². The van der Waals surface area contributed by atoms with Gasteiger partial charge in [0.2, 0.25) is 0 Å². The molecular weight excluding hydrogens is 560 g/mol. The van der Waals surface area contributed by atoms with Crippen LogP contribution in [0.25, 0.3) is 0 Å². The van der Waals surface area contributed by atoms with E-state index in [2.05, 4.69) is 9.47 Å². The summed E-state index contributed by atoms with van der Waals surface area (Å²) in [5.41, 5.74) is 4.01. The predicted molar refractivity (Wildman–Crippen MR) is 142 cm³/mol. The number of aliphatic hydroxyl groups excluding tert-OH is 1.